The van der Waals surface area contributed by atoms with E-state index in [-0.39, 0.29) is 6.04 Å². The van der Waals surface area contributed by atoms with Crippen molar-refractivity contribution in [1.82, 2.24) is 20.4 Å². The van der Waals surface area contributed by atoms with Crippen molar-refractivity contribution in [2.24, 2.45) is 12.9 Å². The molecule has 90 valence electrons. The van der Waals surface area contributed by atoms with E-state index in [9.17, 15) is 0 Å². The summed E-state index contributed by atoms with van der Waals surface area (Å²) in [6.45, 7) is 0. The maximum absolute atomic E-state index is 5.66. The molecule has 6 heteroatoms. The molecule has 3 N–H and O–H groups in total. The number of benzene rings is 1. The molecule has 5 nitrogen and oxygen atoms in total. The number of rotatable bonds is 4. The molecule has 1 unspecified atom stereocenters. The van der Waals surface area contributed by atoms with Gasteiger partial charge in [-0.3, -0.25) is 10.5 Å². The summed E-state index contributed by atoms with van der Waals surface area (Å²) in [5, 5.41) is 7.81. The first kappa shape index (κ1) is 12.1. The van der Waals surface area contributed by atoms with Crippen molar-refractivity contribution in [2.75, 3.05) is 6.26 Å². The summed E-state index contributed by atoms with van der Waals surface area (Å²) < 4.78 is 1.72. The first-order chi connectivity index (χ1) is 8.27. The van der Waals surface area contributed by atoms with Crippen LogP contribution in [0.1, 0.15) is 17.3 Å². The first-order valence-electron chi connectivity index (χ1n) is 5.21. The predicted molar refractivity (Wildman–Crippen MR) is 68.4 cm³/mol. The van der Waals surface area contributed by atoms with E-state index < -0.39 is 0 Å². The van der Waals surface area contributed by atoms with Crippen LogP contribution in [0.4, 0.5) is 0 Å². The minimum absolute atomic E-state index is 0.0985. The molecule has 1 aromatic carbocycles. The molecule has 2 rings (SSSR count). The van der Waals surface area contributed by atoms with E-state index >= 15 is 0 Å². The van der Waals surface area contributed by atoms with Crippen LogP contribution in [0, 0.1) is 0 Å². The lowest BCUT2D eigenvalue weighted by molar-refractivity contribution is 0.564. The highest BCUT2D eigenvalue weighted by atomic mass is 32.2. The van der Waals surface area contributed by atoms with E-state index in [1.165, 1.54) is 4.90 Å². The average molecular weight is 249 g/mol. The lowest BCUT2D eigenvalue weighted by Crippen LogP contribution is -2.30. The summed E-state index contributed by atoms with van der Waals surface area (Å²) in [6.07, 6.45) is 3.77. The highest BCUT2D eigenvalue weighted by Crippen LogP contribution is 2.28. The third kappa shape index (κ3) is 2.33. The van der Waals surface area contributed by atoms with Gasteiger partial charge in [0.1, 0.15) is 0 Å². The van der Waals surface area contributed by atoms with Crippen LogP contribution < -0.4 is 11.3 Å². The Morgan fingerprint density at radius 3 is 2.76 bits per heavy atom. The molecule has 0 bridgehead atoms. The molecule has 1 atom stereocenters. The highest BCUT2D eigenvalue weighted by molar-refractivity contribution is 7.98. The van der Waals surface area contributed by atoms with E-state index in [1.807, 2.05) is 25.4 Å². The van der Waals surface area contributed by atoms with Gasteiger partial charge in [-0.05, 0) is 17.9 Å². The van der Waals surface area contributed by atoms with Gasteiger partial charge in [0.05, 0.1) is 17.9 Å². The van der Waals surface area contributed by atoms with Crippen molar-refractivity contribution < 1.29 is 0 Å². The number of nitrogens with one attached hydrogen (secondary N) is 1. The number of aryl methyl sites for hydroxylation is 1. The largest absolute Gasteiger partial charge is 0.271 e. The second-order valence-corrected chi connectivity index (χ2v) is 4.47. The molecule has 1 aromatic heterocycles. The van der Waals surface area contributed by atoms with Gasteiger partial charge in [0.2, 0.25) is 0 Å². The topological polar surface area (TPSA) is 68.8 Å². The third-order valence-corrected chi connectivity index (χ3v) is 3.47. The second kappa shape index (κ2) is 5.31. The zero-order chi connectivity index (χ0) is 12.3. The van der Waals surface area contributed by atoms with Crippen LogP contribution in [0.25, 0.3) is 0 Å². The SMILES string of the molecule is CSc1ccccc1C(NN)c1cnnn1C. The van der Waals surface area contributed by atoms with Crippen molar-refractivity contribution in [2.45, 2.75) is 10.9 Å². The fraction of sp³-hybridized carbons (Fsp3) is 0.273. The van der Waals surface area contributed by atoms with Crippen LogP contribution in [0.2, 0.25) is 0 Å². The minimum Gasteiger partial charge on any atom is -0.271 e. The summed E-state index contributed by atoms with van der Waals surface area (Å²) in [7, 11) is 1.86. The molecule has 0 aliphatic rings. The quantitative estimate of drug-likeness (QED) is 0.482. The Balaban J connectivity index is 2.46. The molecule has 1 heterocycles. The Morgan fingerprint density at radius 2 is 2.18 bits per heavy atom. The van der Waals surface area contributed by atoms with Gasteiger partial charge in [-0.25, -0.2) is 5.43 Å². The molecule has 0 saturated carbocycles. The van der Waals surface area contributed by atoms with Gasteiger partial charge in [-0.15, -0.1) is 16.9 Å². The molecule has 0 spiro atoms. The van der Waals surface area contributed by atoms with Crippen LogP contribution >= 0.6 is 11.8 Å². The molecule has 0 fully saturated rings. The van der Waals surface area contributed by atoms with Crippen LogP contribution in [-0.2, 0) is 7.05 Å². The maximum Gasteiger partial charge on any atom is 0.0905 e. The lowest BCUT2D eigenvalue weighted by Gasteiger charge is -2.18. The standard InChI is InChI=1S/C11H15N5S/c1-16-9(7-13-15-16)11(14-12)8-5-3-4-6-10(8)17-2/h3-7,11,14H,12H2,1-2H3. The Hall–Kier alpha value is -1.37. The molecular weight excluding hydrogens is 234 g/mol. The summed E-state index contributed by atoms with van der Waals surface area (Å²) in [5.74, 6) is 5.66. The summed E-state index contributed by atoms with van der Waals surface area (Å²) in [4.78, 5) is 1.19. The summed E-state index contributed by atoms with van der Waals surface area (Å²) in [5.41, 5.74) is 4.89. The van der Waals surface area contributed by atoms with Crippen LogP contribution in [0.5, 0.6) is 0 Å². The van der Waals surface area contributed by atoms with E-state index in [1.54, 1.807) is 22.6 Å². The Kier molecular flexibility index (Phi) is 3.78. The monoisotopic (exact) mass is 249 g/mol. The highest BCUT2D eigenvalue weighted by Gasteiger charge is 2.18. The van der Waals surface area contributed by atoms with Gasteiger partial charge in [-0.1, -0.05) is 23.4 Å². The van der Waals surface area contributed by atoms with Gasteiger partial charge in [-0.2, -0.15) is 0 Å². The average Bonchev–Trinajstić information content (AvgIpc) is 2.78. The second-order valence-electron chi connectivity index (χ2n) is 3.62. The van der Waals surface area contributed by atoms with Gasteiger partial charge in [0.15, 0.2) is 0 Å². The number of aromatic nitrogens is 3. The Bertz CT molecular complexity index is 496. The third-order valence-electron chi connectivity index (χ3n) is 2.66. The lowest BCUT2D eigenvalue weighted by atomic mass is 10.0. The number of hydrazine groups is 1. The van der Waals surface area contributed by atoms with Crippen LogP contribution in [0.3, 0.4) is 0 Å². The molecule has 17 heavy (non-hydrogen) atoms. The van der Waals surface area contributed by atoms with Gasteiger partial charge in [0.25, 0.3) is 0 Å². The number of nitrogens with two attached hydrogens (primary N) is 1. The number of thioether (sulfide) groups is 1. The normalized spacial score (nSPS) is 12.6. The Morgan fingerprint density at radius 1 is 1.41 bits per heavy atom. The molecule has 2 aromatic rings. The van der Waals surface area contributed by atoms with Crippen molar-refractivity contribution in [1.29, 1.82) is 0 Å². The van der Waals surface area contributed by atoms with Crippen molar-refractivity contribution in [3.8, 4) is 0 Å². The maximum atomic E-state index is 5.66. The molecule has 0 amide bonds. The summed E-state index contributed by atoms with van der Waals surface area (Å²) >= 11 is 1.70. The number of hydrogen-bond acceptors (Lipinski definition) is 5. The zero-order valence-electron chi connectivity index (χ0n) is 9.79. The van der Waals surface area contributed by atoms with E-state index in [0.717, 1.165) is 11.3 Å². The first-order valence-corrected chi connectivity index (χ1v) is 6.44. The van der Waals surface area contributed by atoms with Gasteiger partial charge in [0, 0.05) is 11.9 Å². The fourth-order valence-electron chi connectivity index (χ4n) is 1.80. The van der Waals surface area contributed by atoms with E-state index in [4.69, 9.17) is 5.84 Å². The fourth-order valence-corrected chi connectivity index (χ4v) is 2.43. The van der Waals surface area contributed by atoms with Gasteiger partial charge < -0.3 is 0 Å². The summed E-state index contributed by atoms with van der Waals surface area (Å²) in [6, 6.07) is 8.06. The minimum atomic E-state index is -0.0985. The molecule has 0 aliphatic carbocycles. The van der Waals surface area contributed by atoms with Crippen LogP contribution in [0.15, 0.2) is 35.4 Å². The molecule has 0 aliphatic heterocycles. The number of hydrogen-bond donors (Lipinski definition) is 2. The van der Waals surface area contributed by atoms with Crippen molar-refractivity contribution >= 4 is 11.8 Å². The van der Waals surface area contributed by atoms with Crippen LogP contribution in [-0.4, -0.2) is 21.2 Å². The zero-order valence-corrected chi connectivity index (χ0v) is 10.6. The van der Waals surface area contributed by atoms with Crippen molar-refractivity contribution in [3.63, 3.8) is 0 Å². The van der Waals surface area contributed by atoms with E-state index in [2.05, 4.69) is 27.9 Å². The molecule has 0 saturated heterocycles. The van der Waals surface area contributed by atoms with Crippen molar-refractivity contribution in [3.05, 3.63) is 41.7 Å². The molecular formula is C11H15N5S. The predicted octanol–water partition coefficient (Wildman–Crippen LogP) is 1.09. The van der Waals surface area contributed by atoms with Gasteiger partial charge >= 0.3 is 0 Å². The Labute approximate surface area is 104 Å². The molecule has 0 radical (unpaired) electrons. The smallest absolute Gasteiger partial charge is 0.0905 e. The van der Waals surface area contributed by atoms with E-state index in [0.29, 0.717) is 0 Å². The number of nitrogens with zero attached hydrogens (tertiary/aromatic N) is 3.